The number of sulfonamides is 1. The average Bonchev–Trinajstić information content (AvgIpc) is 3.10. The van der Waals surface area contributed by atoms with E-state index < -0.39 is 15.4 Å². The van der Waals surface area contributed by atoms with Crippen LogP contribution in [0.25, 0.3) is 0 Å². The summed E-state index contributed by atoms with van der Waals surface area (Å²) in [4.78, 5) is 17.2. The Kier molecular flexibility index (Phi) is 4.63. The van der Waals surface area contributed by atoms with Crippen molar-refractivity contribution in [1.82, 2.24) is 19.9 Å². The third-order valence-corrected chi connectivity index (χ3v) is 6.36. The van der Waals surface area contributed by atoms with Gasteiger partial charge in [-0.15, -0.1) is 0 Å². The normalized spacial score (nSPS) is 27.2. The van der Waals surface area contributed by atoms with E-state index in [0.29, 0.717) is 26.2 Å². The molecule has 0 aliphatic carbocycles. The standard InChI is InChI=1S/C16H24N4O3S/c1-3-12-4-5-14(18-6-12)8-19-15(21)16-10-17-7-13(16)9-20(11-16)24(2,22)23/h4-6,13,17H,3,7-11H2,1-2H3,(H,19,21)/t13-,16-/m1/s1. The van der Waals surface area contributed by atoms with Gasteiger partial charge in [-0.05, 0) is 18.1 Å². The van der Waals surface area contributed by atoms with Gasteiger partial charge in [-0.3, -0.25) is 9.78 Å². The fourth-order valence-corrected chi connectivity index (χ4v) is 4.48. The van der Waals surface area contributed by atoms with Gasteiger partial charge < -0.3 is 10.6 Å². The minimum absolute atomic E-state index is 0.0163. The van der Waals surface area contributed by atoms with Crippen molar-refractivity contribution in [1.29, 1.82) is 0 Å². The number of hydrogen-bond acceptors (Lipinski definition) is 5. The molecule has 0 saturated carbocycles. The van der Waals surface area contributed by atoms with E-state index in [1.165, 1.54) is 10.6 Å². The molecule has 0 radical (unpaired) electrons. The lowest BCUT2D eigenvalue weighted by Crippen LogP contribution is -2.47. The molecule has 132 valence electrons. The van der Waals surface area contributed by atoms with Crippen LogP contribution in [-0.2, 0) is 27.8 Å². The zero-order chi connectivity index (χ0) is 17.4. The third kappa shape index (κ3) is 3.18. The Morgan fingerprint density at radius 2 is 2.29 bits per heavy atom. The summed E-state index contributed by atoms with van der Waals surface area (Å²) in [6.07, 6.45) is 3.95. The van der Waals surface area contributed by atoms with Crippen LogP contribution in [0.4, 0.5) is 0 Å². The number of aromatic nitrogens is 1. The van der Waals surface area contributed by atoms with Gasteiger partial charge >= 0.3 is 0 Å². The van der Waals surface area contributed by atoms with Crippen LogP contribution in [0.2, 0.25) is 0 Å². The van der Waals surface area contributed by atoms with Gasteiger partial charge in [0.1, 0.15) is 0 Å². The molecule has 7 nitrogen and oxygen atoms in total. The number of carbonyl (C=O) groups is 1. The van der Waals surface area contributed by atoms with Crippen LogP contribution in [0.5, 0.6) is 0 Å². The lowest BCUT2D eigenvalue weighted by Gasteiger charge is -2.26. The lowest BCUT2D eigenvalue weighted by molar-refractivity contribution is -0.130. The molecule has 3 rings (SSSR count). The number of carbonyl (C=O) groups excluding carboxylic acids is 1. The molecule has 1 aromatic heterocycles. The van der Waals surface area contributed by atoms with Crippen molar-refractivity contribution in [3.05, 3.63) is 29.6 Å². The average molecular weight is 352 g/mol. The van der Waals surface area contributed by atoms with E-state index in [-0.39, 0.29) is 18.4 Å². The maximum absolute atomic E-state index is 12.8. The monoisotopic (exact) mass is 352 g/mol. The first-order valence-corrected chi connectivity index (χ1v) is 10.1. The van der Waals surface area contributed by atoms with E-state index in [9.17, 15) is 13.2 Å². The number of fused-ring (bicyclic) bond motifs is 1. The molecule has 3 heterocycles. The Morgan fingerprint density at radius 1 is 1.50 bits per heavy atom. The molecule has 1 amide bonds. The molecular weight excluding hydrogens is 328 g/mol. The molecule has 2 atom stereocenters. The molecule has 24 heavy (non-hydrogen) atoms. The van der Waals surface area contributed by atoms with Crippen LogP contribution in [0.1, 0.15) is 18.2 Å². The number of hydrogen-bond donors (Lipinski definition) is 2. The zero-order valence-corrected chi connectivity index (χ0v) is 14.9. The molecule has 0 aromatic carbocycles. The highest BCUT2D eigenvalue weighted by Gasteiger charge is 2.56. The molecule has 2 fully saturated rings. The SMILES string of the molecule is CCc1ccc(CNC(=O)[C@@]23CNC[C@@H]2CN(S(C)(=O)=O)C3)nc1. The first kappa shape index (κ1) is 17.3. The van der Waals surface area contributed by atoms with Gasteiger partial charge in [-0.1, -0.05) is 13.0 Å². The van der Waals surface area contributed by atoms with E-state index in [2.05, 4.69) is 22.5 Å². The van der Waals surface area contributed by atoms with E-state index in [4.69, 9.17) is 0 Å². The number of nitrogens with one attached hydrogen (secondary N) is 2. The van der Waals surface area contributed by atoms with Crippen molar-refractivity contribution in [3.8, 4) is 0 Å². The number of nitrogens with zero attached hydrogens (tertiary/aromatic N) is 2. The van der Waals surface area contributed by atoms with Crippen molar-refractivity contribution in [2.24, 2.45) is 11.3 Å². The lowest BCUT2D eigenvalue weighted by atomic mass is 9.80. The summed E-state index contributed by atoms with van der Waals surface area (Å²) in [5.74, 6) is -0.0762. The van der Waals surface area contributed by atoms with Crippen molar-refractivity contribution in [2.75, 3.05) is 32.4 Å². The molecule has 2 aliphatic heterocycles. The van der Waals surface area contributed by atoms with E-state index in [1.807, 2.05) is 18.3 Å². The maximum atomic E-state index is 12.8. The summed E-state index contributed by atoms with van der Waals surface area (Å²) >= 11 is 0. The number of amides is 1. The topological polar surface area (TPSA) is 91.4 Å². The summed E-state index contributed by atoms with van der Waals surface area (Å²) in [6.45, 7) is 4.26. The molecule has 0 spiro atoms. The van der Waals surface area contributed by atoms with Crippen molar-refractivity contribution < 1.29 is 13.2 Å². The highest BCUT2D eigenvalue weighted by molar-refractivity contribution is 7.88. The van der Waals surface area contributed by atoms with Crippen LogP contribution < -0.4 is 10.6 Å². The maximum Gasteiger partial charge on any atom is 0.229 e. The molecule has 8 heteroatoms. The molecule has 2 aliphatic rings. The van der Waals surface area contributed by atoms with Gasteiger partial charge in [0.05, 0.1) is 23.9 Å². The number of rotatable bonds is 5. The third-order valence-electron chi connectivity index (χ3n) is 5.14. The van der Waals surface area contributed by atoms with Crippen LogP contribution in [0.15, 0.2) is 18.3 Å². The number of aryl methyl sites for hydroxylation is 1. The minimum atomic E-state index is -3.28. The molecular formula is C16H24N4O3S. The summed E-state index contributed by atoms with van der Waals surface area (Å²) in [6, 6.07) is 3.92. The fraction of sp³-hybridized carbons (Fsp3) is 0.625. The van der Waals surface area contributed by atoms with Gasteiger partial charge in [0.2, 0.25) is 15.9 Å². The second-order valence-corrected chi connectivity index (χ2v) is 8.72. The fourth-order valence-electron chi connectivity index (χ4n) is 3.56. The summed E-state index contributed by atoms with van der Waals surface area (Å²) in [5, 5.41) is 6.18. The van der Waals surface area contributed by atoms with Gasteiger partial charge in [0.15, 0.2) is 0 Å². The Balaban J connectivity index is 1.68. The van der Waals surface area contributed by atoms with Crippen molar-refractivity contribution >= 4 is 15.9 Å². The predicted molar refractivity (Wildman–Crippen MR) is 90.7 cm³/mol. The molecule has 2 N–H and O–H groups in total. The van der Waals surface area contributed by atoms with E-state index in [1.54, 1.807) is 0 Å². The van der Waals surface area contributed by atoms with Crippen LogP contribution in [-0.4, -0.2) is 56.0 Å². The smallest absolute Gasteiger partial charge is 0.229 e. The summed E-state index contributed by atoms with van der Waals surface area (Å²) in [5.41, 5.74) is 1.28. The van der Waals surface area contributed by atoms with Crippen LogP contribution in [0.3, 0.4) is 0 Å². The highest BCUT2D eigenvalue weighted by Crippen LogP contribution is 2.40. The Bertz CT molecular complexity index is 719. The molecule has 0 bridgehead atoms. The first-order chi connectivity index (χ1) is 11.3. The second kappa shape index (κ2) is 6.42. The second-order valence-electron chi connectivity index (χ2n) is 6.73. The molecule has 0 unspecified atom stereocenters. The van der Waals surface area contributed by atoms with E-state index in [0.717, 1.165) is 17.7 Å². The van der Waals surface area contributed by atoms with Gasteiger partial charge in [-0.2, -0.15) is 0 Å². The zero-order valence-electron chi connectivity index (χ0n) is 14.1. The summed E-state index contributed by atoms with van der Waals surface area (Å²) in [7, 11) is -3.28. The van der Waals surface area contributed by atoms with Gasteiger partial charge in [0.25, 0.3) is 0 Å². The van der Waals surface area contributed by atoms with Crippen LogP contribution >= 0.6 is 0 Å². The molecule has 2 saturated heterocycles. The Labute approximate surface area is 142 Å². The largest absolute Gasteiger partial charge is 0.350 e. The van der Waals surface area contributed by atoms with Gasteiger partial charge in [-0.25, -0.2) is 12.7 Å². The van der Waals surface area contributed by atoms with Crippen molar-refractivity contribution in [3.63, 3.8) is 0 Å². The predicted octanol–water partition coefficient (Wildman–Crippen LogP) is -0.259. The highest BCUT2D eigenvalue weighted by atomic mass is 32.2. The first-order valence-electron chi connectivity index (χ1n) is 8.23. The van der Waals surface area contributed by atoms with E-state index >= 15 is 0 Å². The Hall–Kier alpha value is -1.51. The van der Waals surface area contributed by atoms with Crippen molar-refractivity contribution in [2.45, 2.75) is 19.9 Å². The number of pyridine rings is 1. The summed E-state index contributed by atoms with van der Waals surface area (Å²) < 4.78 is 25.1. The molecule has 1 aromatic rings. The Morgan fingerprint density at radius 3 is 2.92 bits per heavy atom. The van der Waals surface area contributed by atoms with Crippen LogP contribution in [0, 0.1) is 11.3 Å². The minimum Gasteiger partial charge on any atom is -0.350 e. The van der Waals surface area contributed by atoms with Gasteiger partial charge in [0, 0.05) is 38.3 Å². The quantitative estimate of drug-likeness (QED) is 0.762.